The number of anilines is 2. The van der Waals surface area contributed by atoms with Crippen molar-refractivity contribution >= 4 is 40.6 Å². The number of carbonyl (C=O) groups excluding carboxylic acids is 1. The van der Waals surface area contributed by atoms with E-state index in [-0.39, 0.29) is 17.5 Å². The first-order valence-corrected chi connectivity index (χ1v) is 7.14. The number of hydrogen-bond acceptors (Lipinski definition) is 3. The van der Waals surface area contributed by atoms with E-state index in [0.717, 1.165) is 4.90 Å². The first-order chi connectivity index (χ1) is 9.54. The largest absolute Gasteiger partial charge is 0.399 e. The lowest BCUT2D eigenvalue weighted by atomic mass is 10.3. The molecule has 104 valence electrons. The van der Waals surface area contributed by atoms with Gasteiger partial charge in [-0.25, -0.2) is 4.39 Å². The number of benzene rings is 2. The lowest BCUT2D eigenvalue weighted by Crippen LogP contribution is -2.13. The van der Waals surface area contributed by atoms with Gasteiger partial charge in [-0.1, -0.05) is 11.6 Å². The van der Waals surface area contributed by atoms with Gasteiger partial charge in [-0.2, -0.15) is 0 Å². The Morgan fingerprint density at radius 3 is 2.60 bits per heavy atom. The van der Waals surface area contributed by atoms with Gasteiger partial charge in [0.15, 0.2) is 0 Å². The summed E-state index contributed by atoms with van der Waals surface area (Å²) in [5.41, 5.74) is 6.73. The maximum absolute atomic E-state index is 12.7. The van der Waals surface area contributed by atoms with Gasteiger partial charge in [0.25, 0.3) is 0 Å². The average molecular weight is 311 g/mol. The Kier molecular flexibility index (Phi) is 4.87. The van der Waals surface area contributed by atoms with Crippen LogP contribution in [0.15, 0.2) is 47.4 Å². The Morgan fingerprint density at radius 2 is 1.95 bits per heavy atom. The zero-order chi connectivity index (χ0) is 14.5. The summed E-state index contributed by atoms with van der Waals surface area (Å²) in [7, 11) is 0. The molecule has 0 aliphatic rings. The number of rotatable bonds is 4. The summed E-state index contributed by atoms with van der Waals surface area (Å²) < 4.78 is 12.7. The van der Waals surface area contributed by atoms with E-state index in [1.54, 1.807) is 18.2 Å². The van der Waals surface area contributed by atoms with Gasteiger partial charge in [-0.15, -0.1) is 11.8 Å². The van der Waals surface area contributed by atoms with Crippen molar-refractivity contribution in [2.45, 2.75) is 4.90 Å². The molecular formula is C14H12ClFN2OS. The van der Waals surface area contributed by atoms with Crippen LogP contribution >= 0.6 is 23.4 Å². The smallest absolute Gasteiger partial charge is 0.234 e. The van der Waals surface area contributed by atoms with E-state index in [9.17, 15) is 9.18 Å². The molecule has 0 heterocycles. The molecule has 0 saturated heterocycles. The first kappa shape index (κ1) is 14.7. The summed E-state index contributed by atoms with van der Waals surface area (Å²) in [5, 5.41) is 3.19. The van der Waals surface area contributed by atoms with Gasteiger partial charge in [0.05, 0.1) is 10.8 Å². The molecule has 0 aliphatic heterocycles. The summed E-state index contributed by atoms with van der Waals surface area (Å²) in [5.74, 6) is -0.318. The lowest BCUT2D eigenvalue weighted by molar-refractivity contribution is -0.113. The monoisotopic (exact) mass is 310 g/mol. The summed E-state index contributed by atoms with van der Waals surface area (Å²) in [6.45, 7) is 0. The highest BCUT2D eigenvalue weighted by Crippen LogP contribution is 2.28. The summed E-state index contributed by atoms with van der Waals surface area (Å²) in [6, 6.07) is 10.7. The van der Waals surface area contributed by atoms with Gasteiger partial charge >= 0.3 is 0 Å². The molecule has 3 nitrogen and oxygen atoms in total. The molecule has 0 aromatic heterocycles. The van der Waals surface area contributed by atoms with E-state index in [0.29, 0.717) is 16.4 Å². The van der Waals surface area contributed by atoms with E-state index in [2.05, 4.69) is 5.32 Å². The van der Waals surface area contributed by atoms with E-state index in [1.165, 1.54) is 36.0 Å². The number of nitrogens with two attached hydrogens (primary N) is 1. The number of carbonyl (C=O) groups is 1. The molecule has 0 atom stereocenters. The highest BCUT2D eigenvalue weighted by atomic mass is 35.5. The molecule has 0 saturated carbocycles. The Bertz CT molecular complexity index is 619. The van der Waals surface area contributed by atoms with Crippen LogP contribution in [0.5, 0.6) is 0 Å². The molecule has 2 aromatic rings. The normalized spacial score (nSPS) is 10.3. The molecular weight excluding hydrogens is 299 g/mol. The van der Waals surface area contributed by atoms with Crippen LogP contribution in [0.3, 0.4) is 0 Å². The molecule has 0 spiro atoms. The van der Waals surface area contributed by atoms with E-state index in [1.807, 2.05) is 0 Å². The molecule has 0 fully saturated rings. The number of halogens is 2. The number of thioether (sulfide) groups is 1. The predicted molar refractivity (Wildman–Crippen MR) is 81.6 cm³/mol. The van der Waals surface area contributed by atoms with Gasteiger partial charge in [-0.3, -0.25) is 4.79 Å². The van der Waals surface area contributed by atoms with Crippen LogP contribution in [0, 0.1) is 5.82 Å². The maximum atomic E-state index is 12.7. The molecule has 0 aliphatic carbocycles. The van der Waals surface area contributed by atoms with Crippen LogP contribution in [0.25, 0.3) is 0 Å². The fraction of sp³-hybridized carbons (Fsp3) is 0.0714. The van der Waals surface area contributed by atoms with Crippen LogP contribution in [0.2, 0.25) is 5.02 Å². The number of nitrogens with one attached hydrogen (secondary N) is 1. The molecule has 6 heteroatoms. The van der Waals surface area contributed by atoms with E-state index < -0.39 is 0 Å². The van der Waals surface area contributed by atoms with Crippen LogP contribution < -0.4 is 11.1 Å². The molecule has 2 aromatic carbocycles. The molecule has 0 radical (unpaired) electrons. The average Bonchev–Trinajstić information content (AvgIpc) is 2.40. The van der Waals surface area contributed by atoms with Crippen molar-refractivity contribution in [3.63, 3.8) is 0 Å². The zero-order valence-electron chi connectivity index (χ0n) is 10.4. The van der Waals surface area contributed by atoms with Crippen molar-refractivity contribution in [3.05, 3.63) is 53.3 Å². The van der Waals surface area contributed by atoms with Crippen molar-refractivity contribution < 1.29 is 9.18 Å². The Balaban J connectivity index is 1.90. The summed E-state index contributed by atoms with van der Waals surface area (Å²) >= 11 is 7.33. The van der Waals surface area contributed by atoms with Crippen LogP contribution in [0.4, 0.5) is 15.8 Å². The third kappa shape index (κ3) is 4.15. The molecule has 2 rings (SSSR count). The van der Waals surface area contributed by atoms with Crippen molar-refractivity contribution in [3.8, 4) is 0 Å². The van der Waals surface area contributed by atoms with E-state index in [4.69, 9.17) is 17.3 Å². The second-order valence-electron chi connectivity index (χ2n) is 4.03. The molecule has 20 heavy (non-hydrogen) atoms. The Hall–Kier alpha value is -1.72. The van der Waals surface area contributed by atoms with E-state index >= 15 is 0 Å². The number of amides is 1. The summed E-state index contributed by atoms with van der Waals surface area (Å²) in [4.78, 5) is 12.5. The maximum Gasteiger partial charge on any atom is 0.234 e. The van der Waals surface area contributed by atoms with Crippen molar-refractivity contribution in [2.75, 3.05) is 16.8 Å². The van der Waals surface area contributed by atoms with Gasteiger partial charge in [0.1, 0.15) is 5.82 Å². The Labute approximate surface area is 125 Å². The third-order valence-corrected chi connectivity index (χ3v) is 3.94. The predicted octanol–water partition coefficient (Wildman–Crippen LogP) is 3.79. The Morgan fingerprint density at radius 1 is 1.25 bits per heavy atom. The van der Waals surface area contributed by atoms with Crippen LogP contribution in [0.1, 0.15) is 0 Å². The van der Waals surface area contributed by atoms with Gasteiger partial charge in [0, 0.05) is 16.3 Å². The minimum absolute atomic E-state index is 0.186. The lowest BCUT2D eigenvalue weighted by Gasteiger charge is -2.06. The molecule has 3 N–H and O–H groups in total. The zero-order valence-corrected chi connectivity index (χ0v) is 12.0. The van der Waals surface area contributed by atoms with Crippen LogP contribution in [-0.4, -0.2) is 11.7 Å². The number of hydrogen-bond donors (Lipinski definition) is 2. The van der Waals surface area contributed by atoms with Gasteiger partial charge in [0.2, 0.25) is 5.91 Å². The number of nitrogen functional groups attached to an aromatic ring is 1. The SMILES string of the molecule is Nc1ccc(SCC(=O)Nc2ccc(F)cc2)c(Cl)c1. The van der Waals surface area contributed by atoms with Crippen LogP contribution in [-0.2, 0) is 4.79 Å². The standard InChI is InChI=1S/C14H12ClFN2OS/c15-12-7-10(17)3-6-13(12)20-8-14(19)18-11-4-1-9(16)2-5-11/h1-7H,8,17H2,(H,18,19). The van der Waals surface area contributed by atoms with Crippen molar-refractivity contribution in [1.29, 1.82) is 0 Å². The van der Waals surface area contributed by atoms with Crippen molar-refractivity contribution in [1.82, 2.24) is 0 Å². The third-order valence-electron chi connectivity index (χ3n) is 2.44. The highest BCUT2D eigenvalue weighted by Gasteiger charge is 2.06. The van der Waals surface area contributed by atoms with Gasteiger partial charge in [-0.05, 0) is 42.5 Å². The van der Waals surface area contributed by atoms with Gasteiger partial charge < -0.3 is 11.1 Å². The molecule has 1 amide bonds. The van der Waals surface area contributed by atoms with Crippen molar-refractivity contribution in [2.24, 2.45) is 0 Å². The topological polar surface area (TPSA) is 55.1 Å². The summed E-state index contributed by atoms with van der Waals surface area (Å²) in [6.07, 6.45) is 0. The second-order valence-corrected chi connectivity index (χ2v) is 5.46. The minimum Gasteiger partial charge on any atom is -0.399 e. The fourth-order valence-corrected chi connectivity index (χ4v) is 2.58. The second kappa shape index (κ2) is 6.63. The first-order valence-electron chi connectivity index (χ1n) is 5.78. The molecule has 0 unspecified atom stereocenters. The minimum atomic E-state index is -0.342. The molecule has 0 bridgehead atoms. The fourth-order valence-electron chi connectivity index (χ4n) is 1.51. The highest BCUT2D eigenvalue weighted by molar-refractivity contribution is 8.00. The quantitative estimate of drug-likeness (QED) is 0.667.